The van der Waals surface area contributed by atoms with Crippen molar-refractivity contribution >= 4 is 33.7 Å². The molecule has 4 aromatic heterocycles. The van der Waals surface area contributed by atoms with E-state index in [1.165, 1.54) is 6.33 Å². The van der Waals surface area contributed by atoms with Crippen molar-refractivity contribution in [3.8, 4) is 23.1 Å². The number of anilines is 1. The van der Waals surface area contributed by atoms with Crippen LogP contribution < -0.4 is 10.6 Å². The first-order valence-corrected chi connectivity index (χ1v) is 11.4. The molecule has 0 radical (unpaired) electrons. The normalized spacial score (nSPS) is 11.9. The molecule has 0 unspecified atom stereocenters. The fourth-order valence-corrected chi connectivity index (χ4v) is 4.02. The van der Waals surface area contributed by atoms with E-state index in [1.807, 2.05) is 56.2 Å². The molecule has 10 heteroatoms. The summed E-state index contributed by atoms with van der Waals surface area (Å²) in [6, 6.07) is 9.19. The van der Waals surface area contributed by atoms with Crippen molar-refractivity contribution in [2.45, 2.75) is 19.9 Å². The molecule has 36 heavy (non-hydrogen) atoms. The molecule has 180 valence electrons. The molecule has 0 saturated heterocycles. The largest absolute Gasteiger partial charge is 0.309 e. The lowest BCUT2D eigenvalue weighted by Gasteiger charge is -2.12. The van der Waals surface area contributed by atoms with E-state index < -0.39 is 0 Å². The molecule has 0 aliphatic carbocycles. The summed E-state index contributed by atoms with van der Waals surface area (Å²) in [7, 11) is 5.49. The summed E-state index contributed by atoms with van der Waals surface area (Å²) in [6.07, 6.45) is 3.33. The van der Waals surface area contributed by atoms with Crippen LogP contribution in [-0.4, -0.2) is 53.5 Å². The lowest BCUT2D eigenvalue weighted by atomic mass is 10.1. The van der Waals surface area contributed by atoms with Gasteiger partial charge in [0.15, 0.2) is 0 Å². The van der Waals surface area contributed by atoms with Crippen LogP contribution >= 0.6 is 0 Å². The summed E-state index contributed by atoms with van der Waals surface area (Å²) >= 11 is 0. The monoisotopic (exact) mass is 479 g/mol. The summed E-state index contributed by atoms with van der Waals surface area (Å²) < 4.78 is 3.58. The van der Waals surface area contributed by atoms with Gasteiger partial charge in [0.1, 0.15) is 28.9 Å². The van der Waals surface area contributed by atoms with Gasteiger partial charge >= 0.3 is 0 Å². The zero-order valence-electron chi connectivity index (χ0n) is 20.7. The van der Waals surface area contributed by atoms with E-state index in [4.69, 9.17) is 0 Å². The minimum absolute atomic E-state index is 0.202. The molecule has 1 atom stereocenters. The number of amides is 1. The molecule has 0 aliphatic heterocycles. The Bertz CT molecular complexity index is 1690. The van der Waals surface area contributed by atoms with Crippen molar-refractivity contribution in [3.05, 3.63) is 59.8 Å². The van der Waals surface area contributed by atoms with Crippen LogP contribution in [0.4, 0.5) is 5.82 Å². The van der Waals surface area contributed by atoms with E-state index >= 15 is 0 Å². The van der Waals surface area contributed by atoms with Crippen LogP contribution in [0.2, 0.25) is 0 Å². The van der Waals surface area contributed by atoms with Gasteiger partial charge in [-0.15, -0.1) is 0 Å². The lowest BCUT2D eigenvalue weighted by molar-refractivity contribution is -0.117. The summed E-state index contributed by atoms with van der Waals surface area (Å²) in [5.41, 5.74) is 6.17. The van der Waals surface area contributed by atoms with Gasteiger partial charge in [-0.05, 0) is 57.1 Å². The van der Waals surface area contributed by atoms with Crippen molar-refractivity contribution in [2.24, 2.45) is 14.1 Å². The van der Waals surface area contributed by atoms with E-state index in [2.05, 4.69) is 47.6 Å². The summed E-state index contributed by atoms with van der Waals surface area (Å²) in [5.74, 6) is 6.51. The number of likely N-dealkylation sites (N-methyl/N-ethyl adjacent to an activating group) is 1. The fraction of sp³-hybridized carbons (Fsp3) is 0.231. The van der Waals surface area contributed by atoms with Gasteiger partial charge in [-0.2, -0.15) is 10.2 Å². The number of fused-ring (bicyclic) bond motifs is 2. The zero-order chi connectivity index (χ0) is 25.4. The van der Waals surface area contributed by atoms with Crippen LogP contribution in [-0.2, 0) is 18.9 Å². The minimum Gasteiger partial charge on any atom is -0.309 e. The third-order valence-electron chi connectivity index (χ3n) is 6.05. The number of aromatic nitrogens is 7. The SMILES string of the molecule is CN[C@H](C)C(=O)Nc1cc(-c2ncnc3c(C)nn(C)c23)cc(C#Cc2ccc3c(cnn3C)c2)n1. The van der Waals surface area contributed by atoms with E-state index in [9.17, 15) is 4.79 Å². The Kier molecular flexibility index (Phi) is 5.91. The highest BCUT2D eigenvalue weighted by atomic mass is 16.2. The number of nitrogens with one attached hydrogen (secondary N) is 2. The van der Waals surface area contributed by atoms with E-state index in [1.54, 1.807) is 24.7 Å². The first-order chi connectivity index (χ1) is 17.3. The van der Waals surface area contributed by atoms with Gasteiger partial charge in [0.25, 0.3) is 0 Å². The average molecular weight is 480 g/mol. The number of hydrogen-bond acceptors (Lipinski definition) is 7. The molecule has 0 aliphatic rings. The Labute approximate surface area is 207 Å². The van der Waals surface area contributed by atoms with Gasteiger partial charge in [-0.3, -0.25) is 14.2 Å². The Morgan fingerprint density at radius 1 is 1.08 bits per heavy atom. The second kappa shape index (κ2) is 9.20. The minimum atomic E-state index is -0.387. The predicted molar refractivity (Wildman–Crippen MR) is 138 cm³/mol. The fourth-order valence-electron chi connectivity index (χ4n) is 4.02. The highest BCUT2D eigenvalue weighted by Crippen LogP contribution is 2.28. The Morgan fingerprint density at radius 3 is 2.72 bits per heavy atom. The molecule has 2 N–H and O–H groups in total. The highest BCUT2D eigenvalue weighted by molar-refractivity contribution is 5.95. The number of benzene rings is 1. The number of pyridine rings is 1. The van der Waals surface area contributed by atoms with Crippen LogP contribution in [0.5, 0.6) is 0 Å². The standard InChI is InChI=1S/C26H25N9O/c1-15-23-25(35(5)33-15)24(29-14-28-23)18-11-20(31-22(12-18)32-26(36)16(2)27-3)8-6-17-7-9-21-19(10-17)13-30-34(21)4/h7,9-14,16,27H,1-5H3,(H,31,32,36)/t16-/m1/s1. The Hall–Kier alpha value is -4.62. The summed E-state index contributed by atoms with van der Waals surface area (Å²) in [4.78, 5) is 26.1. The molecule has 4 heterocycles. The molecule has 0 spiro atoms. The van der Waals surface area contributed by atoms with Crippen molar-refractivity contribution in [3.63, 3.8) is 0 Å². The second-order valence-electron chi connectivity index (χ2n) is 8.55. The second-order valence-corrected chi connectivity index (χ2v) is 8.55. The Morgan fingerprint density at radius 2 is 1.92 bits per heavy atom. The zero-order valence-corrected chi connectivity index (χ0v) is 20.7. The van der Waals surface area contributed by atoms with Crippen molar-refractivity contribution in [1.29, 1.82) is 0 Å². The van der Waals surface area contributed by atoms with Crippen LogP contribution in [0.1, 0.15) is 23.9 Å². The maximum atomic E-state index is 12.6. The van der Waals surface area contributed by atoms with Crippen molar-refractivity contribution < 1.29 is 4.79 Å². The third-order valence-corrected chi connectivity index (χ3v) is 6.05. The number of nitrogens with zero attached hydrogens (tertiary/aromatic N) is 7. The third kappa shape index (κ3) is 4.28. The Balaban J connectivity index is 1.61. The number of rotatable bonds is 4. The number of carbonyl (C=O) groups is 1. The predicted octanol–water partition coefficient (Wildman–Crippen LogP) is 2.57. The molecule has 0 bridgehead atoms. The maximum absolute atomic E-state index is 12.6. The highest BCUT2D eigenvalue weighted by Gasteiger charge is 2.17. The molecule has 5 aromatic rings. The van der Waals surface area contributed by atoms with Gasteiger partial charge in [0.05, 0.1) is 29.1 Å². The topological polar surface area (TPSA) is 115 Å². The maximum Gasteiger partial charge on any atom is 0.242 e. The summed E-state index contributed by atoms with van der Waals surface area (Å²) in [5, 5.41) is 15.6. The van der Waals surface area contributed by atoms with Gasteiger partial charge in [-0.1, -0.05) is 5.92 Å². The molecule has 5 rings (SSSR count). The smallest absolute Gasteiger partial charge is 0.242 e. The molecule has 0 fully saturated rings. The van der Waals surface area contributed by atoms with E-state index in [0.29, 0.717) is 17.2 Å². The van der Waals surface area contributed by atoms with Gasteiger partial charge in [-0.25, -0.2) is 15.0 Å². The molecule has 10 nitrogen and oxygen atoms in total. The lowest BCUT2D eigenvalue weighted by Crippen LogP contribution is -2.35. The summed E-state index contributed by atoms with van der Waals surface area (Å²) in [6.45, 7) is 3.69. The van der Waals surface area contributed by atoms with Crippen LogP contribution in [0.25, 0.3) is 33.2 Å². The van der Waals surface area contributed by atoms with Crippen molar-refractivity contribution in [2.75, 3.05) is 12.4 Å². The van der Waals surface area contributed by atoms with Gasteiger partial charge in [0.2, 0.25) is 5.91 Å². The first kappa shape index (κ1) is 23.1. The van der Waals surface area contributed by atoms with Crippen LogP contribution in [0.3, 0.4) is 0 Å². The quantitative estimate of drug-likeness (QED) is 0.381. The number of carbonyl (C=O) groups excluding carboxylic acids is 1. The average Bonchev–Trinajstić information content (AvgIpc) is 3.40. The van der Waals surface area contributed by atoms with Crippen LogP contribution in [0, 0.1) is 18.8 Å². The number of hydrogen-bond donors (Lipinski definition) is 2. The van der Waals surface area contributed by atoms with Crippen molar-refractivity contribution in [1.82, 2.24) is 39.8 Å². The van der Waals surface area contributed by atoms with E-state index in [0.717, 1.165) is 38.8 Å². The van der Waals surface area contributed by atoms with E-state index in [-0.39, 0.29) is 11.9 Å². The van der Waals surface area contributed by atoms with Crippen LogP contribution in [0.15, 0.2) is 42.9 Å². The number of aryl methyl sites for hydroxylation is 3. The molecular weight excluding hydrogens is 454 g/mol. The van der Waals surface area contributed by atoms with Gasteiger partial charge < -0.3 is 10.6 Å². The molecule has 0 saturated carbocycles. The molecular formula is C26H25N9O. The molecule has 1 aromatic carbocycles. The van der Waals surface area contributed by atoms with Gasteiger partial charge in [0, 0.05) is 30.6 Å². The molecule has 1 amide bonds. The first-order valence-electron chi connectivity index (χ1n) is 11.4.